The van der Waals surface area contributed by atoms with Crippen molar-refractivity contribution in [2.45, 2.75) is 20.0 Å². The molecule has 0 amide bonds. The van der Waals surface area contributed by atoms with Crippen LogP contribution in [0.15, 0.2) is 83.6 Å². The van der Waals surface area contributed by atoms with Crippen LogP contribution in [0.2, 0.25) is 0 Å². The Balaban J connectivity index is 0.000000162. The van der Waals surface area contributed by atoms with Gasteiger partial charge in [0.25, 0.3) is 0 Å². The first-order valence-corrected chi connectivity index (χ1v) is 11.2. The summed E-state index contributed by atoms with van der Waals surface area (Å²) in [6.45, 7) is 4.72. The smallest absolute Gasteiger partial charge is 0.0342 e. The van der Waals surface area contributed by atoms with Crippen molar-refractivity contribution in [1.82, 2.24) is 5.32 Å². The molecule has 0 unspecified atom stereocenters. The summed E-state index contributed by atoms with van der Waals surface area (Å²) in [5.74, 6) is 0. The Morgan fingerprint density at radius 2 is 1.21 bits per heavy atom. The van der Waals surface area contributed by atoms with Gasteiger partial charge < -0.3 is 11.1 Å². The maximum absolute atomic E-state index is 5.52. The molecule has 2 aromatic carbocycles. The predicted octanol–water partition coefficient (Wildman–Crippen LogP) is 6.40. The molecule has 0 aliphatic heterocycles. The van der Waals surface area contributed by atoms with E-state index in [-0.39, 0.29) is 0 Å². The van der Waals surface area contributed by atoms with Gasteiger partial charge in [0.15, 0.2) is 0 Å². The summed E-state index contributed by atoms with van der Waals surface area (Å²) in [7, 11) is 0. The van der Waals surface area contributed by atoms with Crippen LogP contribution in [0.1, 0.15) is 18.1 Å². The van der Waals surface area contributed by atoms with Gasteiger partial charge in [0.2, 0.25) is 0 Å². The highest BCUT2D eigenvalue weighted by atomic mass is 32.1. The minimum absolute atomic E-state index is 0.616. The Kier molecular flexibility index (Phi) is 8.00. The van der Waals surface area contributed by atoms with Crippen molar-refractivity contribution in [1.29, 1.82) is 0 Å². The van der Waals surface area contributed by atoms with Gasteiger partial charge in [-0.25, -0.2) is 0 Å². The minimum atomic E-state index is 0.616. The first-order chi connectivity index (χ1) is 13.8. The van der Waals surface area contributed by atoms with Gasteiger partial charge in [-0.15, -0.1) is 22.7 Å². The summed E-state index contributed by atoms with van der Waals surface area (Å²) in [6.07, 6.45) is 0. The largest absolute Gasteiger partial charge is 0.326 e. The number of benzene rings is 2. The molecule has 0 saturated carbocycles. The monoisotopic (exact) mass is 406 g/mol. The van der Waals surface area contributed by atoms with Crippen molar-refractivity contribution in [3.05, 3.63) is 94.7 Å². The number of nitrogens with two attached hydrogens (primary N) is 1. The molecule has 2 aromatic heterocycles. The average Bonchev–Trinajstić information content (AvgIpc) is 3.48. The number of hydrogen-bond acceptors (Lipinski definition) is 4. The Bertz CT molecular complexity index is 910. The van der Waals surface area contributed by atoms with Crippen LogP contribution in [-0.4, -0.2) is 6.54 Å². The molecule has 4 rings (SSSR count). The molecule has 0 aliphatic carbocycles. The average molecular weight is 407 g/mol. The van der Waals surface area contributed by atoms with E-state index in [0.717, 1.165) is 13.1 Å². The van der Waals surface area contributed by atoms with Crippen LogP contribution in [0.5, 0.6) is 0 Å². The van der Waals surface area contributed by atoms with Crippen LogP contribution in [0.3, 0.4) is 0 Å². The van der Waals surface area contributed by atoms with Crippen LogP contribution < -0.4 is 11.1 Å². The maximum atomic E-state index is 5.52. The molecular formula is C24H26N2S2. The molecule has 0 aliphatic rings. The summed E-state index contributed by atoms with van der Waals surface area (Å²) in [5.41, 5.74) is 10.6. The van der Waals surface area contributed by atoms with Gasteiger partial charge in [-0.05, 0) is 51.7 Å². The molecule has 0 atom stereocenters. The molecule has 3 N–H and O–H groups in total. The highest BCUT2D eigenvalue weighted by Gasteiger charge is 1.98. The Morgan fingerprint density at radius 3 is 1.61 bits per heavy atom. The van der Waals surface area contributed by atoms with Crippen molar-refractivity contribution < 1.29 is 0 Å². The van der Waals surface area contributed by atoms with Crippen molar-refractivity contribution in [3.8, 4) is 20.9 Å². The fraction of sp³-hybridized carbons (Fsp3) is 0.167. The molecule has 0 spiro atoms. The van der Waals surface area contributed by atoms with Gasteiger partial charge >= 0.3 is 0 Å². The van der Waals surface area contributed by atoms with Crippen LogP contribution in [-0.2, 0) is 13.1 Å². The van der Waals surface area contributed by atoms with Gasteiger partial charge in [-0.1, -0.05) is 67.6 Å². The quantitative estimate of drug-likeness (QED) is 0.389. The fourth-order valence-electron chi connectivity index (χ4n) is 2.75. The van der Waals surface area contributed by atoms with E-state index in [4.69, 9.17) is 5.73 Å². The zero-order valence-corrected chi connectivity index (χ0v) is 17.7. The second-order valence-corrected chi connectivity index (χ2v) is 8.23. The predicted molar refractivity (Wildman–Crippen MR) is 125 cm³/mol. The summed E-state index contributed by atoms with van der Waals surface area (Å²) in [6, 6.07) is 25.6. The molecule has 28 heavy (non-hydrogen) atoms. The van der Waals surface area contributed by atoms with Crippen LogP contribution in [0.4, 0.5) is 0 Å². The highest BCUT2D eigenvalue weighted by Crippen LogP contribution is 2.25. The van der Waals surface area contributed by atoms with E-state index < -0.39 is 0 Å². The van der Waals surface area contributed by atoms with Gasteiger partial charge in [0.05, 0.1) is 0 Å². The number of thiophene rings is 2. The normalized spacial score (nSPS) is 10.4. The number of hydrogen-bond donors (Lipinski definition) is 2. The van der Waals surface area contributed by atoms with E-state index in [2.05, 4.69) is 95.8 Å². The standard InChI is InChI=1S/C13H15NS.C11H11NS/c1-2-14-10-11-5-7-12(8-6-11)13-4-3-9-15-13;12-8-9-3-5-10(6-4-9)11-2-1-7-13-11/h3-9,14H,2,10H2,1H3;1-7H,8,12H2. The lowest BCUT2D eigenvalue weighted by Gasteiger charge is -2.03. The molecule has 0 fully saturated rings. The van der Waals surface area contributed by atoms with Crippen LogP contribution in [0, 0.1) is 0 Å². The van der Waals surface area contributed by atoms with Crippen molar-refractivity contribution in [2.75, 3.05) is 6.54 Å². The third kappa shape index (κ3) is 5.88. The molecule has 0 bridgehead atoms. The second-order valence-electron chi connectivity index (χ2n) is 6.33. The Labute approximate surface area is 175 Å². The van der Waals surface area contributed by atoms with Crippen molar-refractivity contribution in [3.63, 3.8) is 0 Å². The van der Waals surface area contributed by atoms with Gasteiger partial charge in [-0.2, -0.15) is 0 Å². The van der Waals surface area contributed by atoms with Gasteiger partial charge in [0.1, 0.15) is 0 Å². The summed E-state index contributed by atoms with van der Waals surface area (Å²) < 4.78 is 0. The molecular weight excluding hydrogens is 380 g/mol. The minimum Gasteiger partial charge on any atom is -0.326 e. The zero-order valence-electron chi connectivity index (χ0n) is 16.1. The van der Waals surface area contributed by atoms with Gasteiger partial charge in [-0.3, -0.25) is 0 Å². The maximum Gasteiger partial charge on any atom is 0.0342 e. The molecule has 4 heteroatoms. The first-order valence-electron chi connectivity index (χ1n) is 9.46. The van der Waals surface area contributed by atoms with Crippen LogP contribution in [0.25, 0.3) is 20.9 Å². The number of nitrogens with one attached hydrogen (secondary N) is 1. The van der Waals surface area contributed by atoms with Crippen molar-refractivity contribution >= 4 is 22.7 Å². The van der Waals surface area contributed by atoms with E-state index in [1.54, 1.807) is 22.7 Å². The lowest BCUT2D eigenvalue weighted by molar-refractivity contribution is 0.727. The molecule has 144 valence electrons. The summed E-state index contributed by atoms with van der Waals surface area (Å²) in [4.78, 5) is 2.65. The third-order valence-electron chi connectivity index (χ3n) is 4.33. The van der Waals surface area contributed by atoms with E-state index in [9.17, 15) is 0 Å². The SMILES string of the molecule is CCNCc1ccc(-c2cccs2)cc1.NCc1ccc(-c2cccs2)cc1. The Hall–Kier alpha value is -2.24. The highest BCUT2D eigenvalue weighted by molar-refractivity contribution is 7.13. The van der Waals surface area contributed by atoms with Crippen molar-refractivity contribution in [2.24, 2.45) is 5.73 Å². The molecule has 2 heterocycles. The van der Waals surface area contributed by atoms with E-state index in [1.165, 1.54) is 32.0 Å². The van der Waals surface area contributed by atoms with E-state index >= 15 is 0 Å². The van der Waals surface area contributed by atoms with Gasteiger partial charge in [0, 0.05) is 22.8 Å². The molecule has 0 saturated heterocycles. The fourth-order valence-corrected chi connectivity index (χ4v) is 4.21. The van der Waals surface area contributed by atoms with E-state index in [1.807, 2.05) is 0 Å². The lowest BCUT2D eigenvalue weighted by Crippen LogP contribution is -2.11. The summed E-state index contributed by atoms with van der Waals surface area (Å²) >= 11 is 3.54. The topological polar surface area (TPSA) is 38.0 Å². The second kappa shape index (κ2) is 10.9. The summed E-state index contributed by atoms with van der Waals surface area (Å²) in [5, 5.41) is 7.52. The lowest BCUT2D eigenvalue weighted by atomic mass is 10.1. The zero-order chi connectivity index (χ0) is 19.6. The molecule has 4 aromatic rings. The van der Waals surface area contributed by atoms with Crippen LogP contribution >= 0.6 is 22.7 Å². The number of rotatable bonds is 6. The first kappa shape index (κ1) is 20.5. The van der Waals surface area contributed by atoms with E-state index in [0.29, 0.717) is 6.54 Å². The Morgan fingerprint density at radius 1 is 0.714 bits per heavy atom. The molecule has 2 nitrogen and oxygen atoms in total. The molecule has 0 radical (unpaired) electrons. The third-order valence-corrected chi connectivity index (χ3v) is 6.17.